The Hall–Kier alpha value is -4.09. The molecule has 0 bridgehead atoms. The number of carbonyl (C=O) groups is 1. The Balaban J connectivity index is 1.16. The summed E-state index contributed by atoms with van der Waals surface area (Å²) in [5, 5.41) is 11.5. The first-order valence-corrected chi connectivity index (χ1v) is 13.3. The number of ether oxygens (including phenoxy) is 2. The van der Waals surface area contributed by atoms with Crippen LogP contribution < -0.4 is 10.1 Å². The number of morpholine rings is 1. The minimum atomic E-state index is -0.484. The number of hydrogen-bond acceptors (Lipinski definition) is 7. The fraction of sp³-hybridized carbons (Fsp3) is 0.379. The Morgan fingerprint density at radius 1 is 1.27 bits per heavy atom. The monoisotopic (exact) mass is 545 g/mol. The van der Waals surface area contributed by atoms with Gasteiger partial charge in [-0.05, 0) is 43.7 Å². The van der Waals surface area contributed by atoms with Gasteiger partial charge in [0.1, 0.15) is 18.4 Å². The predicted molar refractivity (Wildman–Crippen MR) is 149 cm³/mol. The number of carbonyl (C=O) groups excluding carboxylic acids is 1. The van der Waals surface area contributed by atoms with E-state index in [4.69, 9.17) is 9.47 Å². The summed E-state index contributed by atoms with van der Waals surface area (Å²) in [5.41, 5.74) is 4.29. The molecule has 5 heterocycles. The van der Waals surface area contributed by atoms with E-state index in [1.165, 1.54) is 10.7 Å². The van der Waals surface area contributed by atoms with Crippen LogP contribution in [0.15, 0.2) is 49.4 Å². The number of fused-ring (bicyclic) bond motifs is 1. The lowest BCUT2D eigenvalue weighted by atomic mass is 10.1. The molecule has 1 amide bonds. The van der Waals surface area contributed by atoms with Crippen molar-refractivity contribution >= 4 is 22.8 Å². The van der Waals surface area contributed by atoms with Gasteiger partial charge in [0.05, 0.1) is 24.5 Å². The highest BCUT2D eigenvalue weighted by molar-refractivity contribution is 5.95. The Morgan fingerprint density at radius 3 is 2.88 bits per heavy atom. The highest BCUT2D eigenvalue weighted by atomic mass is 19.1. The molecule has 2 aliphatic rings. The molecule has 6 rings (SSSR count). The number of halogens is 1. The normalized spacial score (nSPS) is 20.9. The zero-order valence-corrected chi connectivity index (χ0v) is 22.8. The fourth-order valence-corrected chi connectivity index (χ4v) is 5.14. The van der Waals surface area contributed by atoms with E-state index in [2.05, 4.69) is 32.0 Å². The molecular formula is C29H32FN7O3. The lowest BCUT2D eigenvalue weighted by Crippen LogP contribution is -2.42. The Kier molecular flexibility index (Phi) is 6.85. The Morgan fingerprint density at radius 2 is 2.12 bits per heavy atom. The first-order valence-electron chi connectivity index (χ1n) is 13.3. The van der Waals surface area contributed by atoms with Crippen molar-refractivity contribution in [1.82, 2.24) is 29.3 Å². The molecule has 1 saturated heterocycles. The number of allylic oxidation sites excluding steroid dienone is 1. The number of aromatic nitrogens is 5. The number of likely N-dealkylation sites (N-methyl/N-ethyl adjacent to an activating group) is 1. The van der Waals surface area contributed by atoms with Crippen molar-refractivity contribution in [3.05, 3.63) is 66.5 Å². The SMILES string of the molecule is C=C(C)c1ccc([C@@H]2C[C@@H]2C(=O)Nc2cc3cc(-c4c(OC[C@H]5CN(C)CCO5)cnn4C)c(F)cn3n2)nc1. The number of rotatable bonds is 8. The van der Waals surface area contributed by atoms with Gasteiger partial charge in [-0.3, -0.25) is 14.5 Å². The van der Waals surface area contributed by atoms with Gasteiger partial charge in [0.2, 0.25) is 5.91 Å². The summed E-state index contributed by atoms with van der Waals surface area (Å²) in [7, 11) is 3.78. The third kappa shape index (κ3) is 5.22. The van der Waals surface area contributed by atoms with Crippen LogP contribution in [0.3, 0.4) is 0 Å². The maximum atomic E-state index is 15.3. The highest BCUT2D eigenvalue weighted by Crippen LogP contribution is 2.47. The van der Waals surface area contributed by atoms with Gasteiger partial charge in [0.25, 0.3) is 0 Å². The average molecular weight is 546 g/mol. The predicted octanol–water partition coefficient (Wildman–Crippen LogP) is 3.75. The van der Waals surface area contributed by atoms with Crippen LogP contribution in [0.25, 0.3) is 22.3 Å². The van der Waals surface area contributed by atoms with Crippen LogP contribution in [-0.2, 0) is 16.6 Å². The van der Waals surface area contributed by atoms with E-state index >= 15 is 4.39 Å². The second-order valence-electron chi connectivity index (χ2n) is 10.7. The van der Waals surface area contributed by atoms with E-state index < -0.39 is 5.82 Å². The average Bonchev–Trinajstić information content (AvgIpc) is 3.52. The van der Waals surface area contributed by atoms with E-state index in [-0.39, 0.29) is 23.8 Å². The summed E-state index contributed by atoms with van der Waals surface area (Å²) < 4.78 is 30.1. The standard InChI is InChI=1S/C29H32FN7O3/c1-17(2)18-5-6-25(31-12-18)21-11-22(21)29(38)33-27-10-19-9-23(24(30)15-37(19)34-27)28-26(13-32-36(28)4)40-16-20-14-35(3)7-8-39-20/h5-6,9-10,12-13,15,20-22H,1,7-8,11,14,16H2,2-4H3,(H,33,34,38)/t20-,21-,22+/m1/s1. The second kappa shape index (κ2) is 10.5. The molecule has 2 fully saturated rings. The van der Waals surface area contributed by atoms with Crippen molar-refractivity contribution in [2.45, 2.75) is 25.4 Å². The Bertz CT molecular complexity index is 1580. The van der Waals surface area contributed by atoms with Crippen LogP contribution >= 0.6 is 0 Å². The van der Waals surface area contributed by atoms with E-state index in [1.54, 1.807) is 36.3 Å². The van der Waals surface area contributed by atoms with E-state index in [0.717, 1.165) is 36.3 Å². The summed E-state index contributed by atoms with van der Waals surface area (Å²) in [5.74, 6) is 0.114. The quantitative estimate of drug-likeness (QED) is 0.360. The molecular weight excluding hydrogens is 513 g/mol. The molecule has 1 aliphatic heterocycles. The number of amides is 1. The lowest BCUT2D eigenvalue weighted by Gasteiger charge is -2.29. The summed E-state index contributed by atoms with van der Waals surface area (Å²) in [6.07, 6.45) is 5.32. The zero-order valence-electron chi connectivity index (χ0n) is 22.8. The van der Waals surface area contributed by atoms with Gasteiger partial charge < -0.3 is 19.7 Å². The molecule has 0 radical (unpaired) electrons. The van der Waals surface area contributed by atoms with Gasteiger partial charge in [-0.25, -0.2) is 8.91 Å². The third-order valence-electron chi connectivity index (χ3n) is 7.51. The van der Waals surface area contributed by atoms with Gasteiger partial charge in [0.15, 0.2) is 17.4 Å². The van der Waals surface area contributed by atoms with Crippen LogP contribution in [0, 0.1) is 11.7 Å². The number of aryl methyl sites for hydroxylation is 1. The molecule has 0 spiro atoms. The number of nitrogens with one attached hydrogen (secondary N) is 1. The van der Waals surface area contributed by atoms with Gasteiger partial charge in [-0.15, -0.1) is 5.10 Å². The molecule has 0 unspecified atom stereocenters. The van der Waals surface area contributed by atoms with E-state index in [0.29, 0.717) is 41.6 Å². The summed E-state index contributed by atoms with van der Waals surface area (Å²) in [6.45, 7) is 8.50. The van der Waals surface area contributed by atoms with Crippen LogP contribution in [0.2, 0.25) is 0 Å². The fourth-order valence-electron chi connectivity index (χ4n) is 5.14. The van der Waals surface area contributed by atoms with Crippen molar-refractivity contribution in [3.8, 4) is 17.0 Å². The molecule has 4 aromatic rings. The van der Waals surface area contributed by atoms with Gasteiger partial charge in [-0.2, -0.15) is 5.10 Å². The largest absolute Gasteiger partial charge is 0.487 e. The minimum Gasteiger partial charge on any atom is -0.487 e. The van der Waals surface area contributed by atoms with Crippen molar-refractivity contribution in [2.75, 3.05) is 38.7 Å². The molecule has 11 heteroatoms. The number of pyridine rings is 2. The van der Waals surface area contributed by atoms with Crippen LogP contribution in [0.5, 0.6) is 5.75 Å². The summed E-state index contributed by atoms with van der Waals surface area (Å²) in [6, 6.07) is 7.34. The summed E-state index contributed by atoms with van der Waals surface area (Å²) >= 11 is 0. The van der Waals surface area contributed by atoms with Crippen molar-refractivity contribution < 1.29 is 18.7 Å². The topological polar surface area (TPSA) is 98.8 Å². The zero-order chi connectivity index (χ0) is 28.0. The molecule has 40 heavy (non-hydrogen) atoms. The minimum absolute atomic E-state index is 0.0716. The molecule has 1 aliphatic carbocycles. The first kappa shape index (κ1) is 26.1. The van der Waals surface area contributed by atoms with Crippen LogP contribution in [-0.4, -0.2) is 74.6 Å². The molecule has 3 atom stereocenters. The van der Waals surface area contributed by atoms with E-state index in [9.17, 15) is 4.79 Å². The van der Waals surface area contributed by atoms with Gasteiger partial charge in [0, 0.05) is 55.5 Å². The van der Waals surface area contributed by atoms with Crippen LogP contribution in [0.1, 0.15) is 30.5 Å². The lowest BCUT2D eigenvalue weighted by molar-refractivity contribution is -0.117. The van der Waals surface area contributed by atoms with Crippen LogP contribution in [0.4, 0.5) is 10.2 Å². The molecule has 0 aromatic carbocycles. The van der Waals surface area contributed by atoms with Gasteiger partial charge in [-0.1, -0.05) is 12.6 Å². The molecule has 1 saturated carbocycles. The molecule has 10 nitrogen and oxygen atoms in total. The first-order chi connectivity index (χ1) is 19.3. The number of hydrogen-bond donors (Lipinski definition) is 1. The Labute approximate surface area is 231 Å². The molecule has 208 valence electrons. The smallest absolute Gasteiger partial charge is 0.229 e. The van der Waals surface area contributed by atoms with Crippen molar-refractivity contribution in [3.63, 3.8) is 0 Å². The maximum absolute atomic E-state index is 15.3. The number of nitrogens with zero attached hydrogens (tertiary/aromatic N) is 6. The molecule has 1 N–H and O–H groups in total. The molecule has 4 aromatic heterocycles. The van der Waals surface area contributed by atoms with E-state index in [1.807, 2.05) is 26.1 Å². The van der Waals surface area contributed by atoms with Gasteiger partial charge >= 0.3 is 0 Å². The summed E-state index contributed by atoms with van der Waals surface area (Å²) in [4.78, 5) is 19.6. The highest BCUT2D eigenvalue weighted by Gasteiger charge is 2.45. The maximum Gasteiger partial charge on any atom is 0.229 e. The second-order valence-corrected chi connectivity index (χ2v) is 10.7. The van der Waals surface area contributed by atoms with Crippen molar-refractivity contribution in [2.24, 2.45) is 13.0 Å². The third-order valence-corrected chi connectivity index (χ3v) is 7.51. The van der Waals surface area contributed by atoms with Crippen molar-refractivity contribution in [1.29, 1.82) is 0 Å². The number of anilines is 1.